The van der Waals surface area contributed by atoms with Crippen molar-refractivity contribution in [3.8, 4) is 17.2 Å². The smallest absolute Gasteiger partial charge is 0.165 e. The third-order valence-corrected chi connectivity index (χ3v) is 5.14. The molecule has 0 radical (unpaired) electrons. The van der Waals surface area contributed by atoms with Gasteiger partial charge in [-0.1, -0.05) is 30.3 Å². The number of nitrogens with zero attached hydrogens (tertiary/aromatic N) is 1. The maximum Gasteiger partial charge on any atom is 0.165 e. The summed E-state index contributed by atoms with van der Waals surface area (Å²) in [5.74, 6) is 3.47. The average Bonchev–Trinajstić information content (AvgIpc) is 2.67. The minimum atomic E-state index is 0.481. The summed E-state index contributed by atoms with van der Waals surface area (Å²) in [5.41, 5.74) is 1.42. The first kappa shape index (κ1) is 16.3. The van der Waals surface area contributed by atoms with E-state index < -0.39 is 0 Å². The van der Waals surface area contributed by atoms with Gasteiger partial charge in [0, 0.05) is 18.5 Å². The highest BCUT2D eigenvalue weighted by Gasteiger charge is 2.29. The van der Waals surface area contributed by atoms with E-state index in [2.05, 4.69) is 42.3 Å². The SMILES string of the molecule is CN1CC[C@H](c2ccccc2)[C@@H](COc2ccc3c(c2)OCCO3)C1. The zero-order valence-corrected chi connectivity index (χ0v) is 14.7. The summed E-state index contributed by atoms with van der Waals surface area (Å²) in [7, 11) is 2.19. The lowest BCUT2D eigenvalue weighted by molar-refractivity contribution is 0.128. The quantitative estimate of drug-likeness (QED) is 0.852. The summed E-state index contributed by atoms with van der Waals surface area (Å²) < 4.78 is 17.4. The van der Waals surface area contributed by atoms with Crippen LogP contribution >= 0.6 is 0 Å². The first-order valence-corrected chi connectivity index (χ1v) is 9.05. The van der Waals surface area contributed by atoms with Crippen LogP contribution < -0.4 is 14.2 Å². The molecule has 132 valence electrons. The van der Waals surface area contributed by atoms with Gasteiger partial charge in [0.25, 0.3) is 0 Å². The van der Waals surface area contributed by atoms with Crippen molar-refractivity contribution in [1.82, 2.24) is 4.90 Å². The number of hydrogen-bond acceptors (Lipinski definition) is 4. The fraction of sp³-hybridized carbons (Fsp3) is 0.429. The fourth-order valence-electron chi connectivity index (χ4n) is 3.84. The molecule has 1 saturated heterocycles. The fourth-order valence-corrected chi connectivity index (χ4v) is 3.84. The largest absolute Gasteiger partial charge is 0.493 e. The highest BCUT2D eigenvalue weighted by Crippen LogP contribution is 2.36. The molecule has 25 heavy (non-hydrogen) atoms. The van der Waals surface area contributed by atoms with Gasteiger partial charge in [-0.05, 0) is 43.6 Å². The van der Waals surface area contributed by atoms with Crippen LogP contribution in [0.15, 0.2) is 48.5 Å². The van der Waals surface area contributed by atoms with Crippen molar-refractivity contribution >= 4 is 0 Å². The van der Waals surface area contributed by atoms with E-state index in [-0.39, 0.29) is 0 Å². The van der Waals surface area contributed by atoms with Crippen molar-refractivity contribution < 1.29 is 14.2 Å². The van der Waals surface area contributed by atoms with E-state index in [0.717, 1.165) is 30.3 Å². The first-order chi connectivity index (χ1) is 12.3. The minimum Gasteiger partial charge on any atom is -0.493 e. The van der Waals surface area contributed by atoms with E-state index in [0.29, 0.717) is 31.7 Å². The maximum atomic E-state index is 6.15. The van der Waals surface area contributed by atoms with Crippen LogP contribution in [0.2, 0.25) is 0 Å². The number of rotatable bonds is 4. The molecule has 2 atom stereocenters. The molecule has 0 spiro atoms. The summed E-state index contributed by atoms with van der Waals surface area (Å²) in [6.07, 6.45) is 1.18. The maximum absolute atomic E-state index is 6.15. The third kappa shape index (κ3) is 3.74. The lowest BCUT2D eigenvalue weighted by Crippen LogP contribution is -2.39. The van der Waals surface area contributed by atoms with Crippen molar-refractivity contribution in [3.05, 3.63) is 54.1 Å². The molecule has 0 unspecified atom stereocenters. The van der Waals surface area contributed by atoms with Gasteiger partial charge in [0.05, 0.1) is 6.61 Å². The lowest BCUT2D eigenvalue weighted by atomic mass is 9.81. The lowest BCUT2D eigenvalue weighted by Gasteiger charge is -2.37. The zero-order valence-electron chi connectivity index (χ0n) is 14.7. The molecule has 0 N–H and O–H groups in total. The molecule has 0 bridgehead atoms. The van der Waals surface area contributed by atoms with Gasteiger partial charge < -0.3 is 19.1 Å². The Morgan fingerprint density at radius 1 is 1.04 bits per heavy atom. The van der Waals surface area contributed by atoms with E-state index in [1.807, 2.05) is 18.2 Å². The molecule has 4 heteroatoms. The van der Waals surface area contributed by atoms with Gasteiger partial charge in [-0.25, -0.2) is 0 Å². The van der Waals surface area contributed by atoms with Crippen molar-refractivity contribution in [2.24, 2.45) is 5.92 Å². The summed E-state index contributed by atoms with van der Waals surface area (Å²) in [4.78, 5) is 2.40. The molecular formula is C21H25NO3. The summed E-state index contributed by atoms with van der Waals surface area (Å²) in [5, 5.41) is 0. The van der Waals surface area contributed by atoms with Gasteiger partial charge in [-0.3, -0.25) is 0 Å². The number of benzene rings is 2. The first-order valence-electron chi connectivity index (χ1n) is 9.05. The number of piperidine rings is 1. The van der Waals surface area contributed by atoms with Crippen LogP contribution in [0.4, 0.5) is 0 Å². The van der Waals surface area contributed by atoms with Gasteiger partial charge in [-0.15, -0.1) is 0 Å². The van der Waals surface area contributed by atoms with Crippen molar-refractivity contribution in [2.45, 2.75) is 12.3 Å². The van der Waals surface area contributed by atoms with Gasteiger partial charge in [0.1, 0.15) is 19.0 Å². The minimum absolute atomic E-state index is 0.481. The third-order valence-electron chi connectivity index (χ3n) is 5.14. The highest BCUT2D eigenvalue weighted by molar-refractivity contribution is 5.46. The molecule has 0 amide bonds. The van der Waals surface area contributed by atoms with Crippen LogP contribution in [0.5, 0.6) is 17.2 Å². The van der Waals surface area contributed by atoms with Crippen LogP contribution in [0.3, 0.4) is 0 Å². The average molecular weight is 339 g/mol. The van der Waals surface area contributed by atoms with Crippen molar-refractivity contribution in [3.63, 3.8) is 0 Å². The predicted octanol–water partition coefficient (Wildman–Crippen LogP) is 3.57. The monoisotopic (exact) mass is 339 g/mol. The Balaban J connectivity index is 1.46. The van der Waals surface area contributed by atoms with E-state index in [1.165, 1.54) is 12.0 Å². The number of hydrogen-bond donors (Lipinski definition) is 0. The normalized spacial score (nSPS) is 23.2. The molecule has 0 aliphatic carbocycles. The van der Waals surface area contributed by atoms with Crippen LogP contribution in [0.25, 0.3) is 0 Å². The topological polar surface area (TPSA) is 30.9 Å². The predicted molar refractivity (Wildman–Crippen MR) is 97.7 cm³/mol. The van der Waals surface area contributed by atoms with E-state index in [1.54, 1.807) is 0 Å². The van der Waals surface area contributed by atoms with Crippen LogP contribution in [-0.2, 0) is 0 Å². The standard InChI is InChI=1S/C21H25NO3/c1-22-10-9-19(16-5-3-2-4-6-16)17(14-22)15-25-18-7-8-20-21(13-18)24-12-11-23-20/h2-8,13,17,19H,9-12,14-15H2,1H3/t17-,19-/m1/s1. The Morgan fingerprint density at radius 2 is 1.84 bits per heavy atom. The van der Waals surface area contributed by atoms with E-state index in [4.69, 9.17) is 14.2 Å². The Bertz CT molecular complexity index is 704. The molecule has 4 nitrogen and oxygen atoms in total. The molecule has 1 fully saturated rings. The Hall–Kier alpha value is -2.20. The van der Waals surface area contributed by atoms with E-state index in [9.17, 15) is 0 Å². The van der Waals surface area contributed by atoms with Crippen molar-refractivity contribution in [2.75, 3.05) is 40.0 Å². The molecule has 0 saturated carbocycles. The van der Waals surface area contributed by atoms with Crippen LogP contribution in [0.1, 0.15) is 17.9 Å². The molecule has 4 rings (SSSR count). The molecule has 2 aliphatic rings. The van der Waals surface area contributed by atoms with Crippen LogP contribution in [-0.4, -0.2) is 44.9 Å². The zero-order chi connectivity index (χ0) is 17.1. The molecular weight excluding hydrogens is 314 g/mol. The Kier molecular flexibility index (Phi) is 4.79. The highest BCUT2D eigenvalue weighted by atomic mass is 16.6. The van der Waals surface area contributed by atoms with Gasteiger partial charge in [0.15, 0.2) is 11.5 Å². The summed E-state index contributed by atoms with van der Waals surface area (Å²) >= 11 is 0. The Morgan fingerprint density at radius 3 is 2.68 bits per heavy atom. The van der Waals surface area contributed by atoms with Crippen molar-refractivity contribution in [1.29, 1.82) is 0 Å². The molecule has 2 aromatic rings. The second-order valence-corrected chi connectivity index (χ2v) is 6.94. The molecule has 0 aromatic heterocycles. The van der Waals surface area contributed by atoms with Crippen LogP contribution in [0, 0.1) is 5.92 Å². The number of ether oxygens (including phenoxy) is 3. The van der Waals surface area contributed by atoms with E-state index >= 15 is 0 Å². The Labute approximate surface area is 149 Å². The molecule has 2 aliphatic heterocycles. The second kappa shape index (κ2) is 7.36. The van der Waals surface area contributed by atoms with Gasteiger partial charge in [0.2, 0.25) is 0 Å². The summed E-state index contributed by atoms with van der Waals surface area (Å²) in [6.45, 7) is 4.12. The summed E-state index contributed by atoms with van der Waals surface area (Å²) in [6, 6.07) is 16.7. The number of likely N-dealkylation sites (tertiary alicyclic amines) is 1. The van der Waals surface area contributed by atoms with Gasteiger partial charge >= 0.3 is 0 Å². The van der Waals surface area contributed by atoms with Gasteiger partial charge in [-0.2, -0.15) is 0 Å². The molecule has 2 heterocycles. The number of fused-ring (bicyclic) bond motifs is 1. The second-order valence-electron chi connectivity index (χ2n) is 6.94. The molecule has 2 aromatic carbocycles.